The van der Waals surface area contributed by atoms with E-state index in [9.17, 15) is 18.3 Å². The minimum absolute atomic E-state index is 0.0190. The van der Waals surface area contributed by atoms with Gasteiger partial charge in [0, 0.05) is 12.3 Å². The summed E-state index contributed by atoms with van der Waals surface area (Å²) in [4.78, 5) is 9.85. The minimum Gasteiger partial charge on any atom is -0.479 e. The Kier molecular flexibility index (Phi) is 3.88. The lowest BCUT2D eigenvalue weighted by atomic mass is 10.0. The van der Waals surface area contributed by atoms with Gasteiger partial charge in [0.15, 0.2) is 0 Å². The number of sulfone groups is 1. The van der Waals surface area contributed by atoms with E-state index in [0.29, 0.717) is 12.3 Å². The molecule has 0 aliphatic carbocycles. The molecule has 7 heteroatoms. The van der Waals surface area contributed by atoms with Gasteiger partial charge in [0.25, 0.3) is 0 Å². The van der Waals surface area contributed by atoms with Crippen molar-refractivity contribution < 1.29 is 18.3 Å². The molecule has 2 rings (SSSR count). The van der Waals surface area contributed by atoms with Crippen LogP contribution in [0.2, 0.25) is 0 Å². The Bertz CT molecular complexity index is 613. The van der Waals surface area contributed by atoms with Crippen molar-refractivity contribution in [3.05, 3.63) is 30.3 Å². The molecule has 0 amide bonds. The van der Waals surface area contributed by atoms with Gasteiger partial charge in [-0.05, 0) is 26.0 Å². The molecule has 0 spiro atoms. The normalized spacial score (nSPS) is 26.1. The number of thioether (sulfide) groups is 1. The van der Waals surface area contributed by atoms with Gasteiger partial charge in [0.1, 0.15) is 0 Å². The maximum Gasteiger partial charge on any atom is 0.341 e. The molecule has 1 unspecified atom stereocenters. The standard InChI is InChI=1S/C13H17NO4S2/c1-12(2)13(11(15)16,14-8-9-19-12)20(17,18)10-6-4-3-5-7-10/h3-7,14H,8-9H2,1-2H3,(H,15,16). The number of rotatable bonds is 3. The van der Waals surface area contributed by atoms with Crippen molar-refractivity contribution in [1.29, 1.82) is 0 Å². The lowest BCUT2D eigenvalue weighted by Gasteiger charge is -2.45. The van der Waals surface area contributed by atoms with Crippen molar-refractivity contribution in [3.8, 4) is 0 Å². The molecule has 1 heterocycles. The van der Waals surface area contributed by atoms with Crippen molar-refractivity contribution in [3.63, 3.8) is 0 Å². The van der Waals surface area contributed by atoms with Gasteiger partial charge < -0.3 is 5.11 Å². The molecule has 110 valence electrons. The smallest absolute Gasteiger partial charge is 0.341 e. The van der Waals surface area contributed by atoms with Gasteiger partial charge in [-0.2, -0.15) is 11.8 Å². The van der Waals surface area contributed by atoms with Crippen LogP contribution in [0.5, 0.6) is 0 Å². The number of carbonyl (C=O) groups is 1. The largest absolute Gasteiger partial charge is 0.479 e. The van der Waals surface area contributed by atoms with Crippen molar-refractivity contribution in [1.82, 2.24) is 5.32 Å². The number of aliphatic carboxylic acids is 1. The molecule has 20 heavy (non-hydrogen) atoms. The summed E-state index contributed by atoms with van der Waals surface area (Å²) in [5.74, 6) is -0.689. The van der Waals surface area contributed by atoms with Crippen LogP contribution in [-0.2, 0) is 14.6 Å². The Morgan fingerprint density at radius 2 is 1.90 bits per heavy atom. The van der Waals surface area contributed by atoms with Gasteiger partial charge in [-0.3, -0.25) is 5.32 Å². The van der Waals surface area contributed by atoms with Crippen LogP contribution in [0.4, 0.5) is 0 Å². The average Bonchev–Trinajstić information content (AvgIpc) is 2.38. The van der Waals surface area contributed by atoms with E-state index >= 15 is 0 Å². The molecule has 1 aromatic carbocycles. The molecule has 0 saturated carbocycles. The number of carboxylic acids is 1. The van der Waals surface area contributed by atoms with Crippen molar-refractivity contribution >= 4 is 27.6 Å². The fourth-order valence-electron chi connectivity index (χ4n) is 2.49. The fraction of sp³-hybridized carbons (Fsp3) is 0.462. The van der Waals surface area contributed by atoms with Crippen LogP contribution in [0.1, 0.15) is 13.8 Å². The van der Waals surface area contributed by atoms with E-state index < -0.39 is 25.4 Å². The molecular weight excluding hydrogens is 298 g/mol. The molecule has 5 nitrogen and oxygen atoms in total. The fourth-order valence-corrected chi connectivity index (χ4v) is 6.11. The summed E-state index contributed by atoms with van der Waals surface area (Å²) in [5.41, 5.74) is 0. The summed E-state index contributed by atoms with van der Waals surface area (Å²) in [7, 11) is -4.06. The third-order valence-electron chi connectivity index (χ3n) is 3.54. The molecule has 0 bridgehead atoms. The highest BCUT2D eigenvalue weighted by molar-refractivity contribution is 8.02. The van der Waals surface area contributed by atoms with Gasteiger partial charge in [-0.25, -0.2) is 13.2 Å². The number of hydrogen-bond acceptors (Lipinski definition) is 5. The van der Waals surface area contributed by atoms with E-state index in [1.54, 1.807) is 32.0 Å². The molecule has 1 aliphatic rings. The molecule has 0 radical (unpaired) electrons. The highest BCUT2D eigenvalue weighted by atomic mass is 32.2. The van der Waals surface area contributed by atoms with Crippen molar-refractivity contribution in [2.75, 3.05) is 12.3 Å². The maximum absolute atomic E-state index is 12.9. The highest BCUT2D eigenvalue weighted by Gasteiger charge is 2.63. The first-order chi connectivity index (χ1) is 9.26. The zero-order valence-corrected chi connectivity index (χ0v) is 12.9. The summed E-state index contributed by atoms with van der Waals surface area (Å²) in [6.45, 7) is 3.64. The SMILES string of the molecule is CC1(C)SCCNC1(C(=O)O)S(=O)(=O)c1ccccc1. The quantitative estimate of drug-likeness (QED) is 0.876. The van der Waals surface area contributed by atoms with Crippen molar-refractivity contribution in [2.24, 2.45) is 0 Å². The monoisotopic (exact) mass is 315 g/mol. The maximum atomic E-state index is 12.9. The van der Waals surface area contributed by atoms with Gasteiger partial charge in [0.2, 0.25) is 14.7 Å². The van der Waals surface area contributed by atoms with E-state index in [-0.39, 0.29) is 4.90 Å². The Balaban J connectivity index is 2.68. The Hall–Kier alpha value is -1.05. The van der Waals surface area contributed by atoms with Crippen LogP contribution < -0.4 is 5.32 Å². The minimum atomic E-state index is -4.06. The van der Waals surface area contributed by atoms with Crippen LogP contribution in [0.3, 0.4) is 0 Å². The third-order valence-corrected chi connectivity index (χ3v) is 7.64. The third kappa shape index (κ3) is 2.04. The van der Waals surface area contributed by atoms with E-state index in [1.165, 1.54) is 23.9 Å². The first-order valence-corrected chi connectivity index (χ1v) is 8.65. The van der Waals surface area contributed by atoms with Crippen LogP contribution in [0.25, 0.3) is 0 Å². The molecule has 1 atom stereocenters. The van der Waals surface area contributed by atoms with Gasteiger partial charge >= 0.3 is 5.97 Å². The Morgan fingerprint density at radius 1 is 1.30 bits per heavy atom. The zero-order chi connectivity index (χ0) is 15.0. The van der Waals surface area contributed by atoms with Gasteiger partial charge in [-0.15, -0.1) is 0 Å². The molecule has 1 saturated heterocycles. The lowest BCUT2D eigenvalue weighted by molar-refractivity contribution is -0.142. The molecule has 1 fully saturated rings. The molecule has 0 aromatic heterocycles. The van der Waals surface area contributed by atoms with Crippen LogP contribution >= 0.6 is 11.8 Å². The number of hydrogen-bond donors (Lipinski definition) is 2. The van der Waals surface area contributed by atoms with Crippen molar-refractivity contribution in [2.45, 2.75) is 28.4 Å². The van der Waals surface area contributed by atoms with Crippen LogP contribution in [0.15, 0.2) is 35.2 Å². The van der Waals surface area contributed by atoms with E-state index in [2.05, 4.69) is 5.32 Å². The predicted octanol–water partition coefficient (Wildman–Crippen LogP) is 1.36. The number of carboxylic acid groups (broad SMARTS) is 1. The van der Waals surface area contributed by atoms with E-state index in [4.69, 9.17) is 0 Å². The molecule has 1 aliphatic heterocycles. The second-order valence-electron chi connectivity index (χ2n) is 5.09. The Morgan fingerprint density at radius 3 is 2.40 bits per heavy atom. The summed E-state index contributed by atoms with van der Waals surface area (Å²) < 4.78 is 24.8. The number of benzene rings is 1. The second kappa shape index (κ2) is 5.05. The second-order valence-corrected chi connectivity index (χ2v) is 8.90. The molecular formula is C13H17NO4S2. The predicted molar refractivity (Wildman–Crippen MR) is 78.5 cm³/mol. The molecule has 1 aromatic rings. The zero-order valence-electron chi connectivity index (χ0n) is 11.3. The summed E-state index contributed by atoms with van der Waals surface area (Å²) in [6.07, 6.45) is 0. The van der Waals surface area contributed by atoms with E-state index in [0.717, 1.165) is 0 Å². The van der Waals surface area contributed by atoms with Crippen LogP contribution in [0, 0.1) is 0 Å². The summed E-state index contributed by atoms with van der Waals surface area (Å²) >= 11 is 1.35. The molecule has 2 N–H and O–H groups in total. The summed E-state index contributed by atoms with van der Waals surface area (Å²) in [6, 6.07) is 7.73. The van der Waals surface area contributed by atoms with E-state index in [1.807, 2.05) is 0 Å². The van der Waals surface area contributed by atoms with Crippen LogP contribution in [-0.4, -0.2) is 41.4 Å². The average molecular weight is 315 g/mol. The first-order valence-electron chi connectivity index (χ1n) is 6.18. The lowest BCUT2D eigenvalue weighted by Crippen LogP contribution is -2.70. The topological polar surface area (TPSA) is 83.5 Å². The van der Waals surface area contributed by atoms with Gasteiger partial charge in [0.05, 0.1) is 9.64 Å². The highest BCUT2D eigenvalue weighted by Crippen LogP contribution is 2.44. The summed E-state index contributed by atoms with van der Waals surface area (Å²) in [5, 5.41) is 12.4. The first kappa shape index (κ1) is 15.3. The number of nitrogens with one attached hydrogen (secondary N) is 1. The van der Waals surface area contributed by atoms with Gasteiger partial charge in [-0.1, -0.05) is 18.2 Å². The Labute approximate surface area is 122 Å².